The van der Waals surface area contributed by atoms with E-state index in [0.29, 0.717) is 17.8 Å². The van der Waals surface area contributed by atoms with Crippen LogP contribution in [0.3, 0.4) is 0 Å². The third-order valence-corrected chi connectivity index (χ3v) is 3.05. The van der Waals surface area contributed by atoms with Crippen molar-refractivity contribution in [2.45, 2.75) is 25.8 Å². The molecule has 0 fully saturated rings. The van der Waals surface area contributed by atoms with Gasteiger partial charge >= 0.3 is 0 Å². The molecule has 0 aliphatic rings. The maximum absolute atomic E-state index is 5.96. The third kappa shape index (κ3) is 3.22. The zero-order valence-corrected chi connectivity index (χ0v) is 10.8. The highest BCUT2D eigenvalue weighted by Gasteiger charge is 2.12. The summed E-state index contributed by atoms with van der Waals surface area (Å²) in [6.07, 6.45) is 0. The van der Waals surface area contributed by atoms with Crippen molar-refractivity contribution in [1.29, 1.82) is 0 Å². The Hall–Kier alpha value is -0.530. The number of alkyl halides is 1. The standard InChI is InChI=1S/C13H20ClN/c1-10(2)11-5-7-12(8-6-11)13(9-14)15(3)4/h5-8,10,13H,9H2,1-4H3. The minimum absolute atomic E-state index is 0.313. The van der Waals surface area contributed by atoms with Crippen LogP contribution in [-0.4, -0.2) is 24.9 Å². The molecule has 0 aliphatic carbocycles. The number of rotatable bonds is 4. The van der Waals surface area contributed by atoms with E-state index in [4.69, 9.17) is 11.6 Å². The lowest BCUT2D eigenvalue weighted by Gasteiger charge is -2.22. The second-order valence-corrected chi connectivity index (χ2v) is 4.76. The van der Waals surface area contributed by atoms with Gasteiger partial charge in [0.05, 0.1) is 0 Å². The first kappa shape index (κ1) is 12.5. The summed E-state index contributed by atoms with van der Waals surface area (Å²) >= 11 is 5.96. The van der Waals surface area contributed by atoms with E-state index in [1.54, 1.807) is 0 Å². The SMILES string of the molecule is CC(C)c1ccc(C(CCl)N(C)C)cc1. The van der Waals surface area contributed by atoms with Gasteiger partial charge in [-0.05, 0) is 31.1 Å². The van der Waals surface area contributed by atoms with Gasteiger partial charge in [0.25, 0.3) is 0 Å². The van der Waals surface area contributed by atoms with Crippen molar-refractivity contribution in [3.63, 3.8) is 0 Å². The summed E-state index contributed by atoms with van der Waals surface area (Å²) in [4.78, 5) is 2.15. The van der Waals surface area contributed by atoms with Crippen molar-refractivity contribution < 1.29 is 0 Å². The van der Waals surface area contributed by atoms with Gasteiger partial charge in [-0.3, -0.25) is 0 Å². The normalized spacial score (nSPS) is 13.5. The molecule has 0 saturated carbocycles. The Morgan fingerprint density at radius 3 is 1.87 bits per heavy atom. The smallest absolute Gasteiger partial charge is 0.0477 e. The molecule has 0 spiro atoms. The fourth-order valence-corrected chi connectivity index (χ4v) is 2.08. The average Bonchev–Trinajstić information content (AvgIpc) is 2.19. The van der Waals surface area contributed by atoms with E-state index in [-0.39, 0.29) is 0 Å². The van der Waals surface area contributed by atoms with Crippen LogP contribution in [0.1, 0.15) is 36.9 Å². The van der Waals surface area contributed by atoms with E-state index in [9.17, 15) is 0 Å². The third-order valence-electron chi connectivity index (χ3n) is 2.76. The van der Waals surface area contributed by atoms with Gasteiger partial charge in [-0.1, -0.05) is 38.1 Å². The minimum Gasteiger partial charge on any atom is -0.301 e. The van der Waals surface area contributed by atoms with Crippen LogP contribution in [-0.2, 0) is 0 Å². The van der Waals surface area contributed by atoms with Gasteiger partial charge < -0.3 is 4.90 Å². The molecule has 1 unspecified atom stereocenters. The van der Waals surface area contributed by atoms with Crippen LogP contribution in [0.15, 0.2) is 24.3 Å². The lowest BCUT2D eigenvalue weighted by Crippen LogP contribution is -2.21. The fraction of sp³-hybridized carbons (Fsp3) is 0.538. The van der Waals surface area contributed by atoms with Gasteiger partial charge in [0.1, 0.15) is 0 Å². The second kappa shape index (κ2) is 5.53. The number of hydrogen-bond acceptors (Lipinski definition) is 1. The Balaban J connectivity index is 2.87. The van der Waals surface area contributed by atoms with Gasteiger partial charge in [-0.25, -0.2) is 0 Å². The molecule has 0 aliphatic heterocycles. The first-order chi connectivity index (χ1) is 7.06. The predicted octanol–water partition coefficient (Wildman–Crippen LogP) is 3.65. The zero-order chi connectivity index (χ0) is 11.4. The molecule has 1 atom stereocenters. The Morgan fingerprint density at radius 2 is 1.53 bits per heavy atom. The monoisotopic (exact) mass is 225 g/mol. The predicted molar refractivity (Wildman–Crippen MR) is 67.7 cm³/mol. The van der Waals surface area contributed by atoms with Crippen LogP contribution in [0.2, 0.25) is 0 Å². The number of hydrogen-bond donors (Lipinski definition) is 0. The van der Waals surface area contributed by atoms with E-state index in [1.165, 1.54) is 11.1 Å². The van der Waals surface area contributed by atoms with Crippen molar-refractivity contribution >= 4 is 11.6 Å². The molecule has 2 heteroatoms. The molecule has 0 heterocycles. The summed E-state index contributed by atoms with van der Waals surface area (Å²) in [5.41, 5.74) is 2.67. The minimum atomic E-state index is 0.313. The molecule has 0 saturated heterocycles. The molecular formula is C13H20ClN. The molecule has 0 aromatic heterocycles. The van der Waals surface area contributed by atoms with Crippen LogP contribution < -0.4 is 0 Å². The summed E-state index contributed by atoms with van der Waals surface area (Å²) in [5, 5.41) is 0. The molecule has 0 radical (unpaired) electrons. The van der Waals surface area contributed by atoms with Crippen molar-refractivity contribution in [2.24, 2.45) is 0 Å². The average molecular weight is 226 g/mol. The van der Waals surface area contributed by atoms with E-state index in [0.717, 1.165) is 0 Å². The molecule has 0 amide bonds. The van der Waals surface area contributed by atoms with Crippen molar-refractivity contribution in [3.05, 3.63) is 35.4 Å². The molecule has 84 valence electrons. The first-order valence-electron chi connectivity index (χ1n) is 5.38. The molecule has 1 nitrogen and oxygen atoms in total. The quantitative estimate of drug-likeness (QED) is 0.708. The van der Waals surface area contributed by atoms with E-state index >= 15 is 0 Å². The maximum atomic E-state index is 5.96. The molecule has 1 aromatic rings. The Kier molecular flexibility index (Phi) is 4.62. The van der Waals surface area contributed by atoms with Gasteiger partial charge in [-0.2, -0.15) is 0 Å². The van der Waals surface area contributed by atoms with Gasteiger partial charge in [0.15, 0.2) is 0 Å². The lowest BCUT2D eigenvalue weighted by molar-refractivity contribution is 0.324. The Bertz CT molecular complexity index is 290. The van der Waals surface area contributed by atoms with Crippen LogP contribution in [0, 0.1) is 0 Å². The second-order valence-electron chi connectivity index (χ2n) is 4.46. The molecule has 0 bridgehead atoms. The van der Waals surface area contributed by atoms with Crippen molar-refractivity contribution in [1.82, 2.24) is 4.90 Å². The Morgan fingerprint density at radius 1 is 1.07 bits per heavy atom. The van der Waals surface area contributed by atoms with Crippen molar-refractivity contribution in [2.75, 3.05) is 20.0 Å². The van der Waals surface area contributed by atoms with Crippen molar-refractivity contribution in [3.8, 4) is 0 Å². The van der Waals surface area contributed by atoms with Crippen LogP contribution in [0.25, 0.3) is 0 Å². The highest BCUT2D eigenvalue weighted by molar-refractivity contribution is 6.18. The summed E-state index contributed by atoms with van der Waals surface area (Å²) in [6, 6.07) is 9.07. The van der Waals surface area contributed by atoms with Crippen LogP contribution in [0.5, 0.6) is 0 Å². The summed E-state index contributed by atoms with van der Waals surface area (Å²) in [6.45, 7) is 4.42. The molecule has 0 N–H and O–H groups in total. The van der Waals surface area contributed by atoms with Gasteiger partial charge in [0, 0.05) is 11.9 Å². The van der Waals surface area contributed by atoms with E-state index in [1.807, 2.05) is 0 Å². The highest BCUT2D eigenvalue weighted by Crippen LogP contribution is 2.22. The maximum Gasteiger partial charge on any atom is 0.0477 e. The largest absolute Gasteiger partial charge is 0.301 e. The number of nitrogens with zero attached hydrogens (tertiary/aromatic N) is 1. The molecule has 1 aromatic carbocycles. The zero-order valence-electron chi connectivity index (χ0n) is 10.00. The number of halogens is 1. The molecule has 1 rings (SSSR count). The van der Waals surface area contributed by atoms with Gasteiger partial charge in [-0.15, -0.1) is 11.6 Å². The molecule has 15 heavy (non-hydrogen) atoms. The van der Waals surface area contributed by atoms with E-state index < -0.39 is 0 Å². The summed E-state index contributed by atoms with van der Waals surface area (Å²) < 4.78 is 0. The van der Waals surface area contributed by atoms with Crippen LogP contribution in [0.4, 0.5) is 0 Å². The lowest BCUT2D eigenvalue weighted by atomic mass is 9.99. The fourth-order valence-electron chi connectivity index (χ4n) is 1.63. The summed E-state index contributed by atoms with van der Waals surface area (Å²) in [5.74, 6) is 1.22. The first-order valence-corrected chi connectivity index (χ1v) is 5.92. The van der Waals surface area contributed by atoms with Crippen LogP contribution >= 0.6 is 11.6 Å². The van der Waals surface area contributed by atoms with E-state index in [2.05, 4.69) is 57.1 Å². The topological polar surface area (TPSA) is 3.24 Å². The number of benzene rings is 1. The summed E-state index contributed by atoms with van der Waals surface area (Å²) in [7, 11) is 4.12. The van der Waals surface area contributed by atoms with Gasteiger partial charge in [0.2, 0.25) is 0 Å². The molecular weight excluding hydrogens is 206 g/mol. The highest BCUT2D eigenvalue weighted by atomic mass is 35.5. The Labute approximate surface area is 98.0 Å².